The second-order valence-electron chi connectivity index (χ2n) is 3.67. The van der Waals surface area contributed by atoms with E-state index >= 15 is 0 Å². The molecule has 1 amide bonds. The molecule has 0 bridgehead atoms. The molecule has 0 aromatic heterocycles. The van der Waals surface area contributed by atoms with Crippen molar-refractivity contribution in [3.05, 3.63) is 28.8 Å². The van der Waals surface area contributed by atoms with E-state index in [-0.39, 0.29) is 15.5 Å². The summed E-state index contributed by atoms with van der Waals surface area (Å²) in [5.74, 6) is -0.438. The summed E-state index contributed by atoms with van der Waals surface area (Å²) in [4.78, 5) is 11.6. The first-order chi connectivity index (χ1) is 8.84. The molecule has 0 spiro atoms. The van der Waals surface area contributed by atoms with Crippen LogP contribution in [0.1, 0.15) is 17.3 Å². The van der Waals surface area contributed by atoms with Crippen LogP contribution in [0.5, 0.6) is 0 Å². The van der Waals surface area contributed by atoms with Crippen LogP contribution in [0.15, 0.2) is 23.1 Å². The van der Waals surface area contributed by atoms with E-state index in [4.69, 9.17) is 21.5 Å². The zero-order valence-corrected chi connectivity index (χ0v) is 11.9. The normalized spacial score (nSPS) is 11.3. The van der Waals surface area contributed by atoms with Gasteiger partial charge in [0.15, 0.2) is 0 Å². The van der Waals surface area contributed by atoms with Crippen LogP contribution in [-0.2, 0) is 14.8 Å². The van der Waals surface area contributed by atoms with Gasteiger partial charge in [-0.25, -0.2) is 13.6 Å². The van der Waals surface area contributed by atoms with Crippen LogP contribution in [0.25, 0.3) is 0 Å². The van der Waals surface area contributed by atoms with Gasteiger partial charge in [-0.1, -0.05) is 11.6 Å². The number of rotatable bonds is 6. The molecule has 1 rings (SSSR count). The molecule has 0 saturated carbocycles. The molecular formula is C11H15ClN2O4S. The molecule has 6 nitrogen and oxygen atoms in total. The molecule has 0 heterocycles. The molecule has 0 aliphatic rings. The maximum atomic E-state index is 11.8. The molecule has 3 N–H and O–H groups in total. The minimum atomic E-state index is -3.90. The summed E-state index contributed by atoms with van der Waals surface area (Å²) in [5, 5.41) is 7.70. The van der Waals surface area contributed by atoms with Crippen LogP contribution in [0.4, 0.5) is 0 Å². The van der Waals surface area contributed by atoms with Gasteiger partial charge >= 0.3 is 0 Å². The number of hydrogen-bond donors (Lipinski definition) is 2. The Morgan fingerprint density at radius 1 is 1.42 bits per heavy atom. The van der Waals surface area contributed by atoms with Gasteiger partial charge in [0.25, 0.3) is 5.91 Å². The number of ether oxygens (including phenoxy) is 1. The maximum absolute atomic E-state index is 11.8. The highest BCUT2D eigenvalue weighted by Gasteiger charge is 2.13. The molecule has 1 aromatic carbocycles. The van der Waals surface area contributed by atoms with Gasteiger partial charge in [0, 0.05) is 23.7 Å². The molecule has 19 heavy (non-hydrogen) atoms. The van der Waals surface area contributed by atoms with E-state index in [0.717, 1.165) is 0 Å². The number of benzene rings is 1. The third kappa shape index (κ3) is 5.15. The Morgan fingerprint density at radius 2 is 2.11 bits per heavy atom. The lowest BCUT2D eigenvalue weighted by atomic mass is 10.2. The topological polar surface area (TPSA) is 98.5 Å². The predicted octanol–water partition coefficient (Wildman–Crippen LogP) is 0.754. The van der Waals surface area contributed by atoms with Gasteiger partial charge in [0.05, 0.1) is 11.5 Å². The first-order valence-electron chi connectivity index (χ1n) is 5.54. The van der Waals surface area contributed by atoms with Crippen molar-refractivity contribution in [1.82, 2.24) is 5.32 Å². The number of primary sulfonamides is 1. The zero-order valence-electron chi connectivity index (χ0n) is 10.3. The van der Waals surface area contributed by atoms with Crippen molar-refractivity contribution in [2.24, 2.45) is 5.14 Å². The maximum Gasteiger partial charge on any atom is 0.251 e. The number of nitrogens with one attached hydrogen (secondary N) is 1. The van der Waals surface area contributed by atoms with Crippen LogP contribution in [-0.4, -0.2) is 34.1 Å². The van der Waals surface area contributed by atoms with Crippen molar-refractivity contribution >= 4 is 27.5 Å². The molecule has 0 atom stereocenters. The average molecular weight is 307 g/mol. The highest BCUT2D eigenvalue weighted by molar-refractivity contribution is 7.89. The Bertz CT molecular complexity index is 560. The van der Waals surface area contributed by atoms with Crippen LogP contribution in [0.2, 0.25) is 5.02 Å². The molecule has 0 saturated heterocycles. The zero-order chi connectivity index (χ0) is 14.5. The van der Waals surface area contributed by atoms with Crippen LogP contribution in [0.3, 0.4) is 0 Å². The molecule has 0 radical (unpaired) electrons. The van der Waals surface area contributed by atoms with Crippen molar-refractivity contribution in [3.8, 4) is 0 Å². The monoisotopic (exact) mass is 306 g/mol. The van der Waals surface area contributed by atoms with E-state index in [9.17, 15) is 13.2 Å². The minimum Gasteiger partial charge on any atom is -0.380 e. The fraction of sp³-hybridized carbons (Fsp3) is 0.364. The predicted molar refractivity (Wildman–Crippen MR) is 71.7 cm³/mol. The fourth-order valence-electron chi connectivity index (χ4n) is 1.34. The first kappa shape index (κ1) is 15.9. The lowest BCUT2D eigenvalue weighted by Gasteiger charge is -2.07. The molecule has 0 unspecified atom stereocenters. The van der Waals surface area contributed by atoms with Gasteiger partial charge in [-0.15, -0.1) is 0 Å². The smallest absolute Gasteiger partial charge is 0.251 e. The summed E-state index contributed by atoms with van der Waals surface area (Å²) in [6.07, 6.45) is 0. The second kappa shape index (κ2) is 6.85. The summed E-state index contributed by atoms with van der Waals surface area (Å²) in [7, 11) is -3.90. The van der Waals surface area contributed by atoms with Crippen molar-refractivity contribution in [2.75, 3.05) is 19.8 Å². The Kier molecular flexibility index (Phi) is 5.74. The minimum absolute atomic E-state index is 0.126. The number of carbonyl (C=O) groups excluding carboxylic acids is 1. The molecule has 0 fully saturated rings. The quantitative estimate of drug-likeness (QED) is 0.758. The standard InChI is InChI=1S/C11H15ClN2O4S/c1-2-18-4-3-14-11(15)8-5-9(12)7-10(6-8)19(13,16)17/h5-7H,2-4H2,1H3,(H,14,15)(H2,13,16,17). The first-order valence-corrected chi connectivity index (χ1v) is 7.46. The lowest BCUT2D eigenvalue weighted by molar-refractivity contribution is 0.0922. The number of carbonyl (C=O) groups is 1. The summed E-state index contributed by atoms with van der Waals surface area (Å²) in [6, 6.07) is 3.73. The number of halogens is 1. The highest BCUT2D eigenvalue weighted by atomic mass is 35.5. The fourth-order valence-corrected chi connectivity index (χ4v) is 2.22. The van der Waals surface area contributed by atoms with Crippen molar-refractivity contribution in [2.45, 2.75) is 11.8 Å². The van der Waals surface area contributed by atoms with Crippen LogP contribution in [0, 0.1) is 0 Å². The number of sulfonamides is 1. The van der Waals surface area contributed by atoms with Gasteiger partial charge in [-0.3, -0.25) is 4.79 Å². The van der Waals surface area contributed by atoms with Gasteiger partial charge < -0.3 is 10.1 Å². The SMILES string of the molecule is CCOCCNC(=O)c1cc(Cl)cc(S(N)(=O)=O)c1. The van der Waals surface area contributed by atoms with E-state index in [2.05, 4.69) is 5.32 Å². The summed E-state index contributed by atoms with van der Waals surface area (Å²) >= 11 is 5.76. The van der Waals surface area contributed by atoms with Crippen molar-refractivity contribution in [1.29, 1.82) is 0 Å². The van der Waals surface area contributed by atoms with Gasteiger partial charge in [0.1, 0.15) is 0 Å². The molecule has 0 aliphatic heterocycles. The van der Waals surface area contributed by atoms with E-state index in [1.165, 1.54) is 18.2 Å². The second-order valence-corrected chi connectivity index (χ2v) is 5.67. The van der Waals surface area contributed by atoms with Gasteiger partial charge in [-0.05, 0) is 25.1 Å². The van der Waals surface area contributed by atoms with Gasteiger partial charge in [-0.2, -0.15) is 0 Å². The Morgan fingerprint density at radius 3 is 2.68 bits per heavy atom. The Hall–Kier alpha value is -1.15. The van der Waals surface area contributed by atoms with E-state index in [1.54, 1.807) is 0 Å². The summed E-state index contributed by atoms with van der Waals surface area (Å²) in [5.41, 5.74) is 0.132. The molecular weight excluding hydrogens is 292 g/mol. The van der Waals surface area contributed by atoms with Gasteiger partial charge in [0.2, 0.25) is 10.0 Å². The average Bonchev–Trinajstić information content (AvgIpc) is 2.32. The van der Waals surface area contributed by atoms with E-state index < -0.39 is 15.9 Å². The lowest BCUT2D eigenvalue weighted by Crippen LogP contribution is -2.27. The van der Waals surface area contributed by atoms with E-state index in [1.807, 2.05) is 6.92 Å². The van der Waals surface area contributed by atoms with E-state index in [0.29, 0.717) is 19.8 Å². The third-order valence-electron chi connectivity index (χ3n) is 2.20. The number of hydrogen-bond acceptors (Lipinski definition) is 4. The summed E-state index contributed by atoms with van der Waals surface area (Å²) < 4.78 is 27.5. The molecule has 0 aliphatic carbocycles. The number of nitrogens with two attached hydrogens (primary N) is 1. The largest absolute Gasteiger partial charge is 0.380 e. The van der Waals surface area contributed by atoms with Crippen LogP contribution < -0.4 is 10.5 Å². The summed E-state index contributed by atoms with van der Waals surface area (Å²) in [6.45, 7) is 3.11. The highest BCUT2D eigenvalue weighted by Crippen LogP contribution is 2.18. The Balaban J connectivity index is 2.83. The van der Waals surface area contributed by atoms with Crippen LogP contribution >= 0.6 is 11.6 Å². The molecule has 1 aromatic rings. The molecule has 8 heteroatoms. The molecule has 106 valence electrons. The van der Waals surface area contributed by atoms with Crippen molar-refractivity contribution < 1.29 is 17.9 Å². The number of amides is 1. The Labute approximate surface area is 116 Å². The van der Waals surface area contributed by atoms with Crippen molar-refractivity contribution in [3.63, 3.8) is 0 Å². The third-order valence-corrected chi connectivity index (χ3v) is 3.31.